The number of halogens is 5. The SMILES string of the molecule is CCCC1CCC(C2CCC(c3ccc(-c4cc(F)c(OC(F)(F)F)c(F)c4)cc3)CC2)CC1. The van der Waals surface area contributed by atoms with Gasteiger partial charge in [0.25, 0.3) is 0 Å². The van der Waals surface area contributed by atoms with Crippen LogP contribution in [0.25, 0.3) is 11.1 Å². The van der Waals surface area contributed by atoms with E-state index in [0.29, 0.717) is 11.5 Å². The highest BCUT2D eigenvalue weighted by molar-refractivity contribution is 5.65. The fraction of sp³-hybridized carbons (Fsp3) is 0.571. The lowest BCUT2D eigenvalue weighted by Gasteiger charge is -2.38. The zero-order valence-corrected chi connectivity index (χ0v) is 19.6. The lowest BCUT2D eigenvalue weighted by atomic mass is 9.68. The van der Waals surface area contributed by atoms with E-state index in [0.717, 1.165) is 42.7 Å². The molecule has 2 saturated carbocycles. The van der Waals surface area contributed by atoms with Crippen molar-refractivity contribution < 1.29 is 26.7 Å². The van der Waals surface area contributed by atoms with Crippen LogP contribution in [0.2, 0.25) is 0 Å². The molecule has 0 unspecified atom stereocenters. The highest BCUT2D eigenvalue weighted by Gasteiger charge is 2.34. The van der Waals surface area contributed by atoms with Crippen LogP contribution in [0.1, 0.15) is 82.6 Å². The average molecular weight is 481 g/mol. The smallest absolute Gasteiger partial charge is 0.399 e. The molecule has 0 bridgehead atoms. The van der Waals surface area contributed by atoms with Gasteiger partial charge < -0.3 is 4.74 Å². The van der Waals surface area contributed by atoms with Gasteiger partial charge in [0, 0.05) is 0 Å². The van der Waals surface area contributed by atoms with Gasteiger partial charge in [-0.1, -0.05) is 56.9 Å². The third kappa shape index (κ3) is 6.11. The number of hydrogen-bond acceptors (Lipinski definition) is 1. The lowest BCUT2D eigenvalue weighted by Crippen LogP contribution is -2.25. The number of benzene rings is 2. The van der Waals surface area contributed by atoms with Crippen molar-refractivity contribution in [1.82, 2.24) is 0 Å². The monoisotopic (exact) mass is 480 g/mol. The van der Waals surface area contributed by atoms with Gasteiger partial charge >= 0.3 is 6.36 Å². The Bertz CT molecular complexity index is 913. The predicted molar refractivity (Wildman–Crippen MR) is 124 cm³/mol. The minimum Gasteiger partial charge on any atom is -0.399 e. The van der Waals surface area contributed by atoms with Crippen molar-refractivity contribution in [3.63, 3.8) is 0 Å². The van der Waals surface area contributed by atoms with Gasteiger partial charge in [-0.2, -0.15) is 0 Å². The molecule has 0 radical (unpaired) electrons. The summed E-state index contributed by atoms with van der Waals surface area (Å²) in [5.74, 6) is -1.04. The van der Waals surface area contributed by atoms with Gasteiger partial charge in [-0.3, -0.25) is 0 Å². The Labute approximate surface area is 198 Å². The standard InChI is InChI=1S/C28H33F5O/c1-2-3-18-4-6-19(7-5-18)20-8-10-21(11-9-20)22-12-14-23(15-13-22)24-16-25(29)27(26(30)17-24)34-28(31,32)33/h12-21H,2-11H2,1H3. The van der Waals surface area contributed by atoms with Gasteiger partial charge in [-0.05, 0) is 91.0 Å². The molecule has 2 aliphatic rings. The molecule has 0 heterocycles. The predicted octanol–water partition coefficient (Wildman–Crippen LogP) is 9.41. The molecule has 2 aliphatic carbocycles. The molecule has 0 aliphatic heterocycles. The van der Waals surface area contributed by atoms with Gasteiger partial charge in [-0.15, -0.1) is 13.2 Å². The van der Waals surface area contributed by atoms with Crippen LogP contribution in [0.15, 0.2) is 36.4 Å². The number of hydrogen-bond donors (Lipinski definition) is 0. The van der Waals surface area contributed by atoms with E-state index >= 15 is 0 Å². The maximum atomic E-state index is 14.1. The molecule has 2 aromatic rings. The molecule has 34 heavy (non-hydrogen) atoms. The van der Waals surface area contributed by atoms with E-state index < -0.39 is 23.7 Å². The first-order valence-corrected chi connectivity index (χ1v) is 12.6. The van der Waals surface area contributed by atoms with E-state index in [9.17, 15) is 22.0 Å². The van der Waals surface area contributed by atoms with Crippen molar-refractivity contribution >= 4 is 0 Å². The third-order valence-electron chi connectivity index (χ3n) is 7.96. The van der Waals surface area contributed by atoms with E-state index in [1.807, 2.05) is 12.1 Å². The van der Waals surface area contributed by atoms with Crippen LogP contribution in [0, 0.1) is 29.4 Å². The van der Waals surface area contributed by atoms with Gasteiger partial charge in [0.15, 0.2) is 11.6 Å². The second kappa shape index (κ2) is 10.7. The van der Waals surface area contributed by atoms with Crippen molar-refractivity contribution in [2.75, 3.05) is 0 Å². The summed E-state index contributed by atoms with van der Waals surface area (Å²) in [4.78, 5) is 0. The molecular formula is C28H33F5O. The molecule has 186 valence electrons. The minimum absolute atomic E-state index is 0.179. The van der Waals surface area contributed by atoms with Crippen molar-refractivity contribution in [3.05, 3.63) is 53.6 Å². The summed E-state index contributed by atoms with van der Waals surface area (Å²) < 4.78 is 68.7. The highest BCUT2D eigenvalue weighted by Crippen LogP contribution is 2.44. The molecule has 6 heteroatoms. The van der Waals surface area contributed by atoms with Gasteiger partial charge in [-0.25, -0.2) is 8.78 Å². The lowest BCUT2D eigenvalue weighted by molar-refractivity contribution is -0.276. The second-order valence-electron chi connectivity index (χ2n) is 10.1. The topological polar surface area (TPSA) is 9.23 Å². The van der Waals surface area contributed by atoms with Crippen molar-refractivity contribution in [3.8, 4) is 16.9 Å². The quantitative estimate of drug-likeness (QED) is 0.374. The van der Waals surface area contributed by atoms with Crippen LogP contribution in [0.3, 0.4) is 0 Å². The molecular weight excluding hydrogens is 447 g/mol. The summed E-state index contributed by atoms with van der Waals surface area (Å²) in [6.45, 7) is 2.28. The van der Waals surface area contributed by atoms with Crippen LogP contribution in [-0.2, 0) is 0 Å². The summed E-state index contributed by atoms with van der Waals surface area (Å²) >= 11 is 0. The van der Waals surface area contributed by atoms with Crippen LogP contribution in [0.4, 0.5) is 22.0 Å². The van der Waals surface area contributed by atoms with Gasteiger partial charge in [0.2, 0.25) is 5.75 Å². The normalized spacial score (nSPS) is 25.8. The zero-order valence-electron chi connectivity index (χ0n) is 19.6. The van der Waals surface area contributed by atoms with Crippen molar-refractivity contribution in [2.24, 2.45) is 17.8 Å². The first-order chi connectivity index (χ1) is 16.2. The maximum Gasteiger partial charge on any atom is 0.573 e. The van der Waals surface area contributed by atoms with Crippen LogP contribution < -0.4 is 4.74 Å². The Morgan fingerprint density at radius 3 is 1.79 bits per heavy atom. The van der Waals surface area contributed by atoms with Gasteiger partial charge in [0.05, 0.1) is 0 Å². The summed E-state index contributed by atoms with van der Waals surface area (Å²) in [5.41, 5.74) is 1.95. The molecule has 0 atom stereocenters. The largest absolute Gasteiger partial charge is 0.573 e. The Balaban J connectivity index is 1.35. The van der Waals surface area contributed by atoms with Crippen molar-refractivity contribution in [2.45, 2.75) is 83.4 Å². The zero-order chi connectivity index (χ0) is 24.3. The summed E-state index contributed by atoms with van der Waals surface area (Å²) in [7, 11) is 0. The molecule has 2 aromatic carbocycles. The maximum absolute atomic E-state index is 14.1. The molecule has 0 spiro atoms. The minimum atomic E-state index is -5.15. The molecule has 1 nitrogen and oxygen atoms in total. The Hall–Kier alpha value is -2.11. The fourth-order valence-corrected chi connectivity index (χ4v) is 6.17. The molecule has 0 amide bonds. The first kappa shape index (κ1) is 25.0. The van der Waals surface area contributed by atoms with E-state index in [2.05, 4.69) is 11.7 Å². The van der Waals surface area contributed by atoms with E-state index in [-0.39, 0.29) is 5.56 Å². The fourth-order valence-electron chi connectivity index (χ4n) is 6.17. The molecule has 0 saturated heterocycles. The number of rotatable bonds is 6. The second-order valence-corrected chi connectivity index (χ2v) is 10.1. The van der Waals surface area contributed by atoms with E-state index in [1.165, 1.54) is 56.9 Å². The Kier molecular flexibility index (Phi) is 7.83. The number of ether oxygens (including phenoxy) is 1. The molecule has 0 aromatic heterocycles. The van der Waals surface area contributed by atoms with Crippen LogP contribution in [0.5, 0.6) is 5.75 Å². The van der Waals surface area contributed by atoms with Crippen molar-refractivity contribution in [1.29, 1.82) is 0 Å². The highest BCUT2D eigenvalue weighted by atomic mass is 19.4. The third-order valence-corrected chi connectivity index (χ3v) is 7.96. The Morgan fingerprint density at radius 2 is 1.29 bits per heavy atom. The van der Waals surface area contributed by atoms with E-state index in [4.69, 9.17) is 0 Å². The van der Waals surface area contributed by atoms with Crippen LogP contribution in [-0.4, -0.2) is 6.36 Å². The Morgan fingerprint density at radius 1 is 0.765 bits per heavy atom. The van der Waals surface area contributed by atoms with E-state index in [1.54, 1.807) is 12.1 Å². The first-order valence-electron chi connectivity index (χ1n) is 12.6. The average Bonchev–Trinajstić information content (AvgIpc) is 2.82. The summed E-state index contributed by atoms with van der Waals surface area (Å²) in [6.07, 6.45) is 7.90. The molecule has 2 fully saturated rings. The summed E-state index contributed by atoms with van der Waals surface area (Å²) in [6, 6.07) is 9.28. The summed E-state index contributed by atoms with van der Waals surface area (Å²) in [5, 5.41) is 0. The van der Waals surface area contributed by atoms with Gasteiger partial charge in [0.1, 0.15) is 0 Å². The van der Waals surface area contributed by atoms with Crippen LogP contribution >= 0.6 is 0 Å². The number of alkyl halides is 3. The molecule has 0 N–H and O–H groups in total. The molecule has 4 rings (SSSR count).